The topological polar surface area (TPSA) is 32.3 Å². The Labute approximate surface area is 85.0 Å². The number of benzene rings is 1. The molecule has 14 heavy (non-hydrogen) atoms. The Balaban J connectivity index is 2.31. The van der Waals surface area contributed by atoms with Gasteiger partial charge in [-0.3, -0.25) is 0 Å². The second-order valence-electron chi connectivity index (χ2n) is 4.15. The molecule has 0 saturated carbocycles. The molecule has 1 fully saturated rings. The summed E-state index contributed by atoms with van der Waals surface area (Å²) >= 11 is 0. The highest BCUT2D eigenvalue weighted by Gasteiger charge is 2.26. The van der Waals surface area contributed by atoms with Crippen molar-refractivity contribution in [3.05, 3.63) is 34.9 Å². The van der Waals surface area contributed by atoms with Crippen molar-refractivity contribution in [1.82, 2.24) is 5.32 Å². The maximum absolute atomic E-state index is 9.77. The maximum atomic E-state index is 9.77. The number of aryl methyl sites for hydroxylation is 2. The number of hydrogen-bond donors (Lipinski definition) is 2. The summed E-state index contributed by atoms with van der Waals surface area (Å²) in [6.07, 6.45) is 0.634. The summed E-state index contributed by atoms with van der Waals surface area (Å²) in [5, 5.41) is 13.1. The van der Waals surface area contributed by atoms with Gasteiger partial charge in [-0.15, -0.1) is 0 Å². The molecule has 2 heteroatoms. The highest BCUT2D eigenvalue weighted by molar-refractivity contribution is 5.33. The standard InChI is InChI=1S/C12H17NO/c1-8-3-4-10(9(2)7-8)12-11(14)5-6-13-12/h3-4,7,11-14H,5-6H2,1-2H3. The molecule has 0 amide bonds. The summed E-state index contributed by atoms with van der Waals surface area (Å²) in [5.74, 6) is 0. The first-order chi connectivity index (χ1) is 6.68. The molecule has 1 heterocycles. The third-order valence-electron chi connectivity index (χ3n) is 2.95. The van der Waals surface area contributed by atoms with Crippen LogP contribution in [0.25, 0.3) is 0 Å². The summed E-state index contributed by atoms with van der Waals surface area (Å²) in [6.45, 7) is 5.11. The third kappa shape index (κ3) is 1.68. The molecule has 2 nitrogen and oxygen atoms in total. The van der Waals surface area contributed by atoms with Crippen molar-refractivity contribution in [1.29, 1.82) is 0 Å². The minimum atomic E-state index is -0.226. The van der Waals surface area contributed by atoms with Crippen molar-refractivity contribution in [2.24, 2.45) is 0 Å². The number of nitrogens with one attached hydrogen (secondary N) is 1. The van der Waals surface area contributed by atoms with Crippen LogP contribution in [0.3, 0.4) is 0 Å². The van der Waals surface area contributed by atoms with Crippen LogP contribution in [0.5, 0.6) is 0 Å². The van der Waals surface area contributed by atoms with Crippen molar-refractivity contribution in [2.45, 2.75) is 32.4 Å². The van der Waals surface area contributed by atoms with E-state index in [1.807, 2.05) is 0 Å². The molecule has 2 rings (SSSR count). The summed E-state index contributed by atoms with van der Waals surface area (Å²) in [6, 6.07) is 6.53. The van der Waals surface area contributed by atoms with Crippen molar-refractivity contribution >= 4 is 0 Å². The van der Waals surface area contributed by atoms with Gasteiger partial charge in [0, 0.05) is 0 Å². The van der Waals surface area contributed by atoms with Crippen molar-refractivity contribution in [2.75, 3.05) is 6.54 Å². The third-order valence-corrected chi connectivity index (χ3v) is 2.95. The first kappa shape index (κ1) is 9.69. The molecule has 1 aromatic rings. The maximum Gasteiger partial charge on any atom is 0.0747 e. The lowest BCUT2D eigenvalue weighted by Crippen LogP contribution is -2.21. The van der Waals surface area contributed by atoms with Gasteiger partial charge in [0.05, 0.1) is 12.1 Å². The molecule has 0 aromatic heterocycles. The Morgan fingerprint density at radius 3 is 2.71 bits per heavy atom. The van der Waals surface area contributed by atoms with E-state index in [0.29, 0.717) is 0 Å². The minimum absolute atomic E-state index is 0.135. The fraction of sp³-hybridized carbons (Fsp3) is 0.500. The van der Waals surface area contributed by atoms with Crippen LogP contribution in [0, 0.1) is 13.8 Å². The zero-order chi connectivity index (χ0) is 10.1. The van der Waals surface area contributed by atoms with Gasteiger partial charge < -0.3 is 10.4 Å². The first-order valence-corrected chi connectivity index (χ1v) is 5.17. The number of hydrogen-bond acceptors (Lipinski definition) is 2. The summed E-state index contributed by atoms with van der Waals surface area (Å²) in [4.78, 5) is 0. The van der Waals surface area contributed by atoms with Crippen LogP contribution in [-0.2, 0) is 0 Å². The molecule has 1 aromatic carbocycles. The molecule has 0 spiro atoms. The van der Waals surface area contributed by atoms with Gasteiger partial charge in [-0.1, -0.05) is 23.8 Å². The Morgan fingerprint density at radius 2 is 2.14 bits per heavy atom. The smallest absolute Gasteiger partial charge is 0.0747 e. The van der Waals surface area contributed by atoms with Gasteiger partial charge >= 0.3 is 0 Å². The molecule has 2 N–H and O–H groups in total. The predicted octanol–water partition coefficient (Wildman–Crippen LogP) is 1.70. The van der Waals surface area contributed by atoms with Gasteiger partial charge in [-0.2, -0.15) is 0 Å². The molecule has 1 saturated heterocycles. The van der Waals surface area contributed by atoms with Crippen molar-refractivity contribution in [3.63, 3.8) is 0 Å². The Morgan fingerprint density at radius 1 is 1.36 bits per heavy atom. The van der Waals surface area contributed by atoms with Crippen molar-refractivity contribution in [3.8, 4) is 0 Å². The van der Waals surface area contributed by atoms with Crippen LogP contribution in [-0.4, -0.2) is 17.8 Å². The Hall–Kier alpha value is -0.860. The Kier molecular flexibility index (Phi) is 2.57. The number of aliphatic hydroxyl groups excluding tert-OH is 1. The molecule has 2 atom stereocenters. The van der Waals surface area contributed by atoms with Gasteiger partial charge in [0.15, 0.2) is 0 Å². The first-order valence-electron chi connectivity index (χ1n) is 5.17. The lowest BCUT2D eigenvalue weighted by molar-refractivity contribution is 0.160. The molecule has 76 valence electrons. The van der Waals surface area contributed by atoms with Gasteiger partial charge in [0.25, 0.3) is 0 Å². The monoisotopic (exact) mass is 191 g/mol. The van der Waals surface area contributed by atoms with E-state index in [0.717, 1.165) is 13.0 Å². The van der Waals surface area contributed by atoms with Crippen LogP contribution in [0.15, 0.2) is 18.2 Å². The zero-order valence-corrected chi connectivity index (χ0v) is 8.75. The fourth-order valence-corrected chi connectivity index (χ4v) is 2.18. The molecule has 2 unspecified atom stereocenters. The largest absolute Gasteiger partial charge is 0.391 e. The second kappa shape index (κ2) is 3.71. The lowest BCUT2D eigenvalue weighted by atomic mass is 9.97. The summed E-state index contributed by atoms with van der Waals surface area (Å²) < 4.78 is 0. The van der Waals surface area contributed by atoms with E-state index >= 15 is 0 Å². The van der Waals surface area contributed by atoms with E-state index < -0.39 is 0 Å². The highest BCUT2D eigenvalue weighted by atomic mass is 16.3. The van der Waals surface area contributed by atoms with Gasteiger partial charge in [0.2, 0.25) is 0 Å². The lowest BCUT2D eigenvalue weighted by Gasteiger charge is -2.17. The van der Waals surface area contributed by atoms with Crippen LogP contribution in [0.4, 0.5) is 0 Å². The normalized spacial score (nSPS) is 26.8. The fourth-order valence-electron chi connectivity index (χ4n) is 2.18. The minimum Gasteiger partial charge on any atom is -0.391 e. The van der Waals surface area contributed by atoms with E-state index in [9.17, 15) is 5.11 Å². The van der Waals surface area contributed by atoms with Crippen LogP contribution >= 0.6 is 0 Å². The van der Waals surface area contributed by atoms with Crippen LogP contribution in [0.2, 0.25) is 0 Å². The molecule has 1 aliphatic rings. The van der Waals surface area contributed by atoms with E-state index in [1.165, 1.54) is 16.7 Å². The van der Waals surface area contributed by atoms with E-state index in [2.05, 4.69) is 37.4 Å². The van der Waals surface area contributed by atoms with E-state index in [-0.39, 0.29) is 12.1 Å². The predicted molar refractivity (Wildman–Crippen MR) is 57.3 cm³/mol. The molecule has 0 aliphatic carbocycles. The Bertz CT molecular complexity index is 335. The average molecular weight is 191 g/mol. The number of rotatable bonds is 1. The van der Waals surface area contributed by atoms with Gasteiger partial charge in [0.1, 0.15) is 0 Å². The highest BCUT2D eigenvalue weighted by Crippen LogP contribution is 2.26. The van der Waals surface area contributed by atoms with E-state index in [4.69, 9.17) is 0 Å². The number of aliphatic hydroxyl groups is 1. The zero-order valence-electron chi connectivity index (χ0n) is 8.75. The van der Waals surface area contributed by atoms with Crippen LogP contribution < -0.4 is 5.32 Å². The quantitative estimate of drug-likeness (QED) is 0.708. The second-order valence-corrected chi connectivity index (χ2v) is 4.15. The van der Waals surface area contributed by atoms with Gasteiger partial charge in [-0.05, 0) is 37.9 Å². The van der Waals surface area contributed by atoms with E-state index in [1.54, 1.807) is 0 Å². The van der Waals surface area contributed by atoms with Gasteiger partial charge in [-0.25, -0.2) is 0 Å². The average Bonchev–Trinajstić information content (AvgIpc) is 2.52. The van der Waals surface area contributed by atoms with Crippen LogP contribution in [0.1, 0.15) is 29.2 Å². The molecule has 0 radical (unpaired) electrons. The summed E-state index contributed by atoms with van der Waals surface area (Å²) in [7, 11) is 0. The molecular formula is C12H17NO. The van der Waals surface area contributed by atoms with Crippen molar-refractivity contribution < 1.29 is 5.11 Å². The SMILES string of the molecule is Cc1ccc(C2NCCC2O)c(C)c1. The molecule has 0 bridgehead atoms. The summed E-state index contributed by atoms with van der Waals surface area (Å²) in [5.41, 5.74) is 3.78. The molecular weight excluding hydrogens is 174 g/mol. The molecule has 1 aliphatic heterocycles.